The minimum Gasteiger partial charge on any atom is -0.473 e. The Balaban J connectivity index is 1.63. The van der Waals surface area contributed by atoms with Crippen molar-refractivity contribution in [2.45, 2.75) is 6.61 Å². The Morgan fingerprint density at radius 3 is 2.72 bits per heavy atom. The Labute approximate surface area is 121 Å². The second-order valence-electron chi connectivity index (χ2n) is 3.72. The van der Waals surface area contributed by atoms with Crippen molar-refractivity contribution in [2.24, 2.45) is 0 Å². The van der Waals surface area contributed by atoms with E-state index in [2.05, 4.69) is 4.31 Å². The third kappa shape index (κ3) is 5.16. The van der Waals surface area contributed by atoms with E-state index in [0.717, 1.165) is 31.9 Å². The Hall–Kier alpha value is -0.270. The second-order valence-corrected chi connectivity index (χ2v) is 6.50. The number of hydrogen-bond acceptors (Lipinski definition) is 6. The summed E-state index contributed by atoms with van der Waals surface area (Å²) in [6.07, 6.45) is 0. The van der Waals surface area contributed by atoms with Crippen LogP contribution in [-0.4, -0.2) is 35.0 Å². The first-order valence-electron chi connectivity index (χ1n) is 5.72. The van der Waals surface area contributed by atoms with Crippen LogP contribution in [-0.2, 0) is 16.1 Å². The molecule has 0 spiro atoms. The minimum absolute atomic E-state index is 0.538. The Morgan fingerprint density at radius 2 is 2.00 bits per heavy atom. The van der Waals surface area contributed by atoms with E-state index in [1.165, 1.54) is 10.8 Å². The van der Waals surface area contributed by atoms with Gasteiger partial charge in [-0.3, -0.25) is 0 Å². The average molecular weight is 301 g/mol. The number of hydrogen-bond donors (Lipinski definition) is 0. The molecule has 0 aromatic heterocycles. The van der Waals surface area contributed by atoms with Crippen LogP contribution < -0.4 is 0 Å². The molecular weight excluding hydrogens is 286 g/mol. The van der Waals surface area contributed by atoms with Gasteiger partial charge < -0.3 is 9.47 Å². The van der Waals surface area contributed by atoms with E-state index in [1.807, 2.05) is 30.3 Å². The summed E-state index contributed by atoms with van der Waals surface area (Å²) in [7, 11) is 3.14. The van der Waals surface area contributed by atoms with Gasteiger partial charge in [-0.1, -0.05) is 30.3 Å². The molecule has 3 nitrogen and oxygen atoms in total. The molecule has 98 valence electrons. The predicted octanol–water partition coefficient (Wildman–Crippen LogP) is 3.12. The summed E-state index contributed by atoms with van der Waals surface area (Å²) >= 11 is 5.18. The van der Waals surface area contributed by atoms with Gasteiger partial charge in [-0.15, -0.1) is 0 Å². The summed E-state index contributed by atoms with van der Waals surface area (Å²) in [6, 6.07) is 10.0. The number of rotatable bonds is 4. The third-order valence-corrected chi connectivity index (χ3v) is 5.28. The summed E-state index contributed by atoms with van der Waals surface area (Å²) in [5.74, 6) is 0. The van der Waals surface area contributed by atoms with Crippen LogP contribution in [0.3, 0.4) is 0 Å². The lowest BCUT2D eigenvalue weighted by molar-refractivity contribution is 0.0779. The summed E-state index contributed by atoms with van der Waals surface area (Å²) in [6.45, 7) is 4.02. The van der Waals surface area contributed by atoms with E-state index in [-0.39, 0.29) is 0 Å². The Morgan fingerprint density at radius 1 is 1.28 bits per heavy atom. The summed E-state index contributed by atoms with van der Waals surface area (Å²) in [5.41, 5.74) is 1.14. The van der Waals surface area contributed by atoms with Crippen molar-refractivity contribution in [3.05, 3.63) is 35.9 Å². The zero-order valence-electron chi connectivity index (χ0n) is 9.91. The number of benzene rings is 1. The van der Waals surface area contributed by atoms with Crippen LogP contribution in [0.1, 0.15) is 5.56 Å². The molecule has 18 heavy (non-hydrogen) atoms. The fourth-order valence-corrected chi connectivity index (χ4v) is 3.44. The second kappa shape index (κ2) is 8.01. The zero-order valence-corrected chi connectivity index (χ0v) is 12.4. The van der Waals surface area contributed by atoms with Crippen molar-refractivity contribution in [1.82, 2.24) is 4.31 Å². The van der Waals surface area contributed by atoms with Gasteiger partial charge in [-0.05, 0) is 17.8 Å². The molecule has 6 heteroatoms. The molecule has 1 aliphatic heterocycles. The van der Waals surface area contributed by atoms with Gasteiger partial charge in [0.25, 0.3) is 0 Å². The molecule has 1 heterocycles. The van der Waals surface area contributed by atoms with E-state index in [4.69, 9.17) is 21.7 Å². The molecule has 0 unspecified atom stereocenters. The highest BCUT2D eigenvalue weighted by molar-refractivity contribution is 8.82. The fraction of sp³-hybridized carbons (Fsp3) is 0.417. The highest BCUT2D eigenvalue weighted by Crippen LogP contribution is 2.28. The van der Waals surface area contributed by atoms with Crippen molar-refractivity contribution < 1.29 is 9.47 Å². The maximum atomic E-state index is 5.53. The highest BCUT2D eigenvalue weighted by atomic mass is 33.1. The van der Waals surface area contributed by atoms with Crippen LogP contribution in [0.25, 0.3) is 0 Å². The first kappa shape index (κ1) is 14.1. The van der Waals surface area contributed by atoms with Crippen molar-refractivity contribution >= 4 is 38.4 Å². The van der Waals surface area contributed by atoms with Gasteiger partial charge in [-0.2, -0.15) is 0 Å². The molecule has 1 aromatic carbocycles. The molecule has 0 aliphatic carbocycles. The van der Waals surface area contributed by atoms with Gasteiger partial charge in [0.15, 0.2) is 0 Å². The van der Waals surface area contributed by atoms with Crippen LogP contribution in [0.15, 0.2) is 30.3 Å². The summed E-state index contributed by atoms with van der Waals surface area (Å²) in [4.78, 5) is 0. The highest BCUT2D eigenvalue weighted by Gasteiger charge is 2.12. The molecule has 1 aliphatic rings. The van der Waals surface area contributed by atoms with Crippen molar-refractivity contribution in [1.29, 1.82) is 0 Å². The average Bonchev–Trinajstić information content (AvgIpc) is 2.45. The number of ether oxygens (including phenoxy) is 2. The van der Waals surface area contributed by atoms with Gasteiger partial charge in [0, 0.05) is 34.9 Å². The van der Waals surface area contributed by atoms with Crippen molar-refractivity contribution in [3.8, 4) is 0 Å². The van der Waals surface area contributed by atoms with E-state index < -0.39 is 0 Å². The number of thiocarbonyl (C=S) groups is 1. The van der Waals surface area contributed by atoms with Crippen LogP contribution in [0.2, 0.25) is 0 Å². The summed E-state index contributed by atoms with van der Waals surface area (Å²) in [5, 5.41) is 0. The third-order valence-electron chi connectivity index (χ3n) is 2.38. The van der Waals surface area contributed by atoms with E-state index in [1.54, 1.807) is 11.0 Å². The SMILES string of the molecule is S=C(OCc1ccccc1)SSN1CCOCC1. The number of nitrogens with zero attached hydrogens (tertiary/aromatic N) is 1. The topological polar surface area (TPSA) is 21.7 Å². The van der Waals surface area contributed by atoms with E-state index >= 15 is 0 Å². The maximum absolute atomic E-state index is 5.53. The smallest absolute Gasteiger partial charge is 0.232 e. The first-order valence-corrected chi connectivity index (χ1v) is 8.24. The lowest BCUT2D eigenvalue weighted by Gasteiger charge is -2.24. The molecule has 0 amide bonds. The van der Waals surface area contributed by atoms with E-state index in [0.29, 0.717) is 11.0 Å². The molecule has 0 bridgehead atoms. The fourth-order valence-electron chi connectivity index (χ4n) is 1.44. The zero-order chi connectivity index (χ0) is 12.6. The van der Waals surface area contributed by atoms with Gasteiger partial charge in [-0.25, -0.2) is 4.31 Å². The van der Waals surface area contributed by atoms with Crippen LogP contribution in [0, 0.1) is 0 Å². The normalized spacial score (nSPS) is 16.4. The number of morpholine rings is 1. The Kier molecular flexibility index (Phi) is 6.30. The maximum Gasteiger partial charge on any atom is 0.232 e. The van der Waals surface area contributed by atoms with Gasteiger partial charge in [0.1, 0.15) is 6.61 Å². The first-order chi connectivity index (χ1) is 8.84. The lowest BCUT2D eigenvalue weighted by Crippen LogP contribution is -2.30. The molecule has 0 saturated carbocycles. The molecule has 1 saturated heterocycles. The molecule has 0 radical (unpaired) electrons. The minimum atomic E-state index is 0.538. The standard InChI is InChI=1S/C12H15NO2S3/c16-12(15-10-11-4-2-1-3-5-11)17-18-13-6-8-14-9-7-13/h1-5H,6-10H2. The lowest BCUT2D eigenvalue weighted by atomic mass is 10.2. The van der Waals surface area contributed by atoms with Crippen molar-refractivity contribution in [3.63, 3.8) is 0 Å². The van der Waals surface area contributed by atoms with Gasteiger partial charge in [0.2, 0.25) is 4.38 Å². The Bertz CT molecular complexity index is 369. The van der Waals surface area contributed by atoms with Crippen LogP contribution in [0.5, 0.6) is 0 Å². The predicted molar refractivity (Wildman–Crippen MR) is 81.4 cm³/mol. The van der Waals surface area contributed by atoms with E-state index in [9.17, 15) is 0 Å². The van der Waals surface area contributed by atoms with Crippen LogP contribution in [0.4, 0.5) is 0 Å². The summed E-state index contributed by atoms with van der Waals surface area (Å²) < 4.78 is 13.6. The largest absolute Gasteiger partial charge is 0.473 e. The molecule has 0 N–H and O–H groups in total. The van der Waals surface area contributed by atoms with Gasteiger partial charge in [0.05, 0.1) is 13.2 Å². The van der Waals surface area contributed by atoms with Crippen molar-refractivity contribution in [2.75, 3.05) is 26.3 Å². The molecular formula is C12H15NO2S3. The quantitative estimate of drug-likeness (QED) is 0.481. The monoisotopic (exact) mass is 301 g/mol. The molecule has 2 rings (SSSR count). The molecule has 1 aromatic rings. The van der Waals surface area contributed by atoms with Crippen LogP contribution >= 0.6 is 34.0 Å². The van der Waals surface area contributed by atoms with Gasteiger partial charge >= 0.3 is 0 Å². The molecule has 0 atom stereocenters. The molecule has 1 fully saturated rings.